The van der Waals surface area contributed by atoms with Crippen molar-refractivity contribution in [2.24, 2.45) is 0 Å². The zero-order valence-corrected chi connectivity index (χ0v) is 12.2. The minimum Gasteiger partial charge on any atom is -0.240 e. The maximum atomic E-state index is 4.45. The highest BCUT2D eigenvalue weighted by molar-refractivity contribution is 9.10. The summed E-state index contributed by atoms with van der Waals surface area (Å²) in [6, 6.07) is 14.6. The van der Waals surface area contributed by atoms with Gasteiger partial charge >= 0.3 is 0 Å². The van der Waals surface area contributed by atoms with Crippen LogP contribution in [0.3, 0.4) is 0 Å². The molecule has 0 atom stereocenters. The molecule has 2 aromatic carbocycles. The first kappa shape index (κ1) is 12.3. The van der Waals surface area contributed by atoms with Gasteiger partial charge in [0, 0.05) is 16.3 Å². The number of hydrogen-bond acceptors (Lipinski definition) is 2. The largest absolute Gasteiger partial charge is 0.240 e. The van der Waals surface area contributed by atoms with Gasteiger partial charge < -0.3 is 0 Å². The predicted octanol–water partition coefficient (Wildman–Crippen LogP) is 4.29. The lowest BCUT2D eigenvalue weighted by Gasteiger charge is -2.06. The molecular formula is C16H13BrN2. The molecule has 0 aliphatic rings. The van der Waals surface area contributed by atoms with Crippen LogP contribution >= 0.6 is 15.9 Å². The zero-order chi connectivity index (χ0) is 13.2. The van der Waals surface area contributed by atoms with Gasteiger partial charge in [-0.1, -0.05) is 39.7 Å². The van der Waals surface area contributed by atoms with Gasteiger partial charge in [-0.2, -0.15) is 0 Å². The van der Waals surface area contributed by atoms with E-state index in [9.17, 15) is 0 Å². The molecule has 0 fully saturated rings. The van der Waals surface area contributed by atoms with E-state index in [0.717, 1.165) is 27.5 Å². The van der Waals surface area contributed by atoms with E-state index in [0.29, 0.717) is 0 Å². The summed E-state index contributed by atoms with van der Waals surface area (Å²) < 4.78 is 1.10. The number of nitrogens with zero attached hydrogens (tertiary/aromatic N) is 2. The van der Waals surface area contributed by atoms with Gasteiger partial charge in [-0.25, -0.2) is 9.97 Å². The monoisotopic (exact) mass is 312 g/mol. The summed E-state index contributed by atoms with van der Waals surface area (Å²) in [6.07, 6.45) is 2.47. The average Bonchev–Trinajstić information content (AvgIpc) is 2.39. The molecule has 94 valence electrons. The average molecular weight is 313 g/mol. The molecule has 0 unspecified atom stereocenters. The summed E-state index contributed by atoms with van der Waals surface area (Å²) in [5.74, 6) is 0. The number of hydrogen-bond donors (Lipinski definition) is 0. The summed E-state index contributed by atoms with van der Waals surface area (Å²) in [5, 5.41) is 1.14. The molecule has 0 spiro atoms. The first-order valence-electron chi connectivity index (χ1n) is 6.17. The standard InChI is InChI=1S/C16H13BrN2/c1-11-5-6-15-14(7-11)16(19-10-18-15)9-12-3-2-4-13(17)8-12/h2-8,10H,9H2,1H3. The van der Waals surface area contributed by atoms with Gasteiger partial charge in [0.25, 0.3) is 0 Å². The molecule has 1 aromatic heterocycles. The Balaban J connectivity index is 2.07. The van der Waals surface area contributed by atoms with Crippen molar-refractivity contribution in [3.63, 3.8) is 0 Å². The van der Waals surface area contributed by atoms with Crippen LogP contribution in [0.25, 0.3) is 10.9 Å². The molecule has 19 heavy (non-hydrogen) atoms. The van der Waals surface area contributed by atoms with Crippen LogP contribution in [0.1, 0.15) is 16.8 Å². The minimum absolute atomic E-state index is 0.821. The van der Waals surface area contributed by atoms with Crippen LogP contribution in [0, 0.1) is 6.92 Å². The Morgan fingerprint density at radius 3 is 2.79 bits per heavy atom. The van der Waals surface area contributed by atoms with Crippen molar-refractivity contribution in [3.8, 4) is 0 Å². The zero-order valence-electron chi connectivity index (χ0n) is 10.6. The van der Waals surface area contributed by atoms with Crippen molar-refractivity contribution in [3.05, 3.63) is 70.1 Å². The van der Waals surface area contributed by atoms with Gasteiger partial charge in [0.05, 0.1) is 11.2 Å². The van der Waals surface area contributed by atoms with Crippen LogP contribution in [0.4, 0.5) is 0 Å². The second-order valence-corrected chi connectivity index (χ2v) is 5.56. The second-order valence-electron chi connectivity index (χ2n) is 4.65. The molecule has 3 rings (SSSR count). The lowest BCUT2D eigenvalue weighted by atomic mass is 10.0. The fraction of sp³-hybridized carbons (Fsp3) is 0.125. The van der Waals surface area contributed by atoms with Gasteiger partial charge in [0.1, 0.15) is 6.33 Å². The molecule has 2 nitrogen and oxygen atoms in total. The molecule has 0 radical (unpaired) electrons. The third kappa shape index (κ3) is 2.66. The van der Waals surface area contributed by atoms with Gasteiger partial charge in [-0.05, 0) is 36.8 Å². The number of fused-ring (bicyclic) bond motifs is 1. The third-order valence-corrected chi connectivity index (χ3v) is 3.63. The summed E-state index contributed by atoms with van der Waals surface area (Å²) in [7, 11) is 0. The SMILES string of the molecule is Cc1ccc2ncnc(Cc3cccc(Br)c3)c2c1. The van der Waals surface area contributed by atoms with E-state index in [-0.39, 0.29) is 0 Å². The third-order valence-electron chi connectivity index (χ3n) is 3.13. The Kier molecular flexibility index (Phi) is 3.30. The van der Waals surface area contributed by atoms with E-state index in [4.69, 9.17) is 0 Å². The highest BCUT2D eigenvalue weighted by atomic mass is 79.9. The van der Waals surface area contributed by atoms with Crippen LogP contribution in [0.2, 0.25) is 0 Å². The van der Waals surface area contributed by atoms with Crippen molar-refractivity contribution in [1.29, 1.82) is 0 Å². The Hall–Kier alpha value is -1.74. The number of aromatic nitrogens is 2. The van der Waals surface area contributed by atoms with Crippen molar-refractivity contribution in [2.75, 3.05) is 0 Å². The summed E-state index contributed by atoms with van der Waals surface area (Å²) in [4.78, 5) is 8.77. The van der Waals surface area contributed by atoms with Crippen LogP contribution in [0.5, 0.6) is 0 Å². The van der Waals surface area contributed by atoms with Crippen molar-refractivity contribution < 1.29 is 0 Å². The molecule has 0 bridgehead atoms. The number of benzene rings is 2. The smallest absolute Gasteiger partial charge is 0.116 e. The van der Waals surface area contributed by atoms with Gasteiger partial charge in [-0.15, -0.1) is 0 Å². The maximum Gasteiger partial charge on any atom is 0.116 e. The second kappa shape index (κ2) is 5.10. The lowest BCUT2D eigenvalue weighted by molar-refractivity contribution is 1.06. The number of rotatable bonds is 2. The van der Waals surface area contributed by atoms with Crippen molar-refractivity contribution in [1.82, 2.24) is 9.97 Å². The molecule has 0 saturated carbocycles. The van der Waals surface area contributed by atoms with Gasteiger partial charge in [0.15, 0.2) is 0 Å². The maximum absolute atomic E-state index is 4.45. The predicted molar refractivity (Wildman–Crippen MR) is 81.2 cm³/mol. The van der Waals surface area contributed by atoms with Crippen LogP contribution < -0.4 is 0 Å². The molecule has 1 heterocycles. The molecule has 0 N–H and O–H groups in total. The van der Waals surface area contributed by atoms with Crippen molar-refractivity contribution >= 4 is 26.8 Å². The first-order valence-corrected chi connectivity index (χ1v) is 6.96. The Morgan fingerprint density at radius 2 is 1.95 bits per heavy atom. The van der Waals surface area contributed by atoms with Crippen molar-refractivity contribution in [2.45, 2.75) is 13.3 Å². The fourth-order valence-corrected chi connectivity index (χ4v) is 2.65. The Bertz CT molecular complexity index is 738. The molecule has 0 aliphatic carbocycles. The summed E-state index contributed by atoms with van der Waals surface area (Å²) in [5.41, 5.74) is 4.56. The topological polar surface area (TPSA) is 25.8 Å². The first-order chi connectivity index (χ1) is 9.22. The molecular weight excluding hydrogens is 300 g/mol. The highest BCUT2D eigenvalue weighted by Gasteiger charge is 2.05. The van der Waals surface area contributed by atoms with E-state index in [1.165, 1.54) is 11.1 Å². The van der Waals surface area contributed by atoms with E-state index in [1.807, 2.05) is 12.1 Å². The van der Waals surface area contributed by atoms with E-state index in [1.54, 1.807) is 6.33 Å². The molecule has 0 saturated heterocycles. The van der Waals surface area contributed by atoms with E-state index >= 15 is 0 Å². The van der Waals surface area contributed by atoms with Gasteiger partial charge in [-0.3, -0.25) is 0 Å². The molecule has 0 amide bonds. The van der Waals surface area contributed by atoms with Crippen LogP contribution in [-0.4, -0.2) is 9.97 Å². The number of aryl methyl sites for hydroxylation is 1. The Morgan fingerprint density at radius 1 is 1.05 bits per heavy atom. The van der Waals surface area contributed by atoms with Gasteiger partial charge in [0.2, 0.25) is 0 Å². The highest BCUT2D eigenvalue weighted by Crippen LogP contribution is 2.20. The number of halogens is 1. The van der Waals surface area contributed by atoms with E-state index in [2.05, 4.69) is 63.2 Å². The quantitative estimate of drug-likeness (QED) is 0.705. The summed E-state index contributed by atoms with van der Waals surface area (Å²) >= 11 is 3.50. The fourth-order valence-electron chi connectivity index (χ4n) is 2.21. The molecule has 3 heteroatoms. The normalized spacial score (nSPS) is 10.8. The van der Waals surface area contributed by atoms with Crippen LogP contribution in [-0.2, 0) is 6.42 Å². The minimum atomic E-state index is 0.821. The Labute approximate surface area is 120 Å². The molecule has 0 aliphatic heterocycles. The lowest BCUT2D eigenvalue weighted by Crippen LogP contribution is -1.95. The summed E-state index contributed by atoms with van der Waals surface area (Å²) in [6.45, 7) is 2.09. The van der Waals surface area contributed by atoms with E-state index < -0.39 is 0 Å². The van der Waals surface area contributed by atoms with Crippen LogP contribution in [0.15, 0.2) is 53.3 Å². The molecule has 3 aromatic rings.